The molecule has 1 unspecified atom stereocenters. The van der Waals surface area contributed by atoms with Crippen LogP contribution in [0.25, 0.3) is 5.57 Å². The molecule has 1 atom stereocenters. The van der Waals surface area contributed by atoms with Crippen LogP contribution in [0.3, 0.4) is 0 Å². The van der Waals surface area contributed by atoms with Crippen LogP contribution < -0.4 is 10.6 Å². The Labute approximate surface area is 114 Å². The summed E-state index contributed by atoms with van der Waals surface area (Å²) in [4.78, 5) is 9.02. The topological polar surface area (TPSA) is 49.3 Å². The number of hydrogen-bond acceptors (Lipinski definition) is 4. The molecule has 2 N–H and O–H groups in total. The van der Waals surface area contributed by atoms with E-state index in [2.05, 4.69) is 48.7 Å². The van der Waals surface area contributed by atoms with E-state index in [1.54, 1.807) is 0 Å². The highest BCUT2D eigenvalue weighted by Gasteiger charge is 2.36. The van der Waals surface area contributed by atoms with Crippen molar-refractivity contribution in [1.82, 2.24) is 10.3 Å². The SMILES string of the molecule is Brc1nc2c(cc1NC1=NCCN1)C1=CCCC12. The third-order valence-corrected chi connectivity index (χ3v) is 4.37. The average molecular weight is 305 g/mol. The smallest absolute Gasteiger partial charge is 0.195 e. The molecule has 0 saturated carbocycles. The minimum absolute atomic E-state index is 0.590. The number of nitrogens with zero attached hydrogens (tertiary/aromatic N) is 2. The van der Waals surface area contributed by atoms with Gasteiger partial charge in [-0.1, -0.05) is 6.08 Å². The molecular formula is C13H13BrN4. The molecule has 3 aliphatic rings. The third-order valence-electron chi connectivity index (χ3n) is 3.77. The molecule has 2 aliphatic carbocycles. The summed E-state index contributed by atoms with van der Waals surface area (Å²) >= 11 is 3.54. The van der Waals surface area contributed by atoms with Crippen molar-refractivity contribution >= 4 is 33.1 Å². The molecule has 18 heavy (non-hydrogen) atoms. The quantitative estimate of drug-likeness (QED) is 0.784. The van der Waals surface area contributed by atoms with Crippen LogP contribution in [0.5, 0.6) is 0 Å². The lowest BCUT2D eigenvalue weighted by molar-refractivity contribution is 0.744. The van der Waals surface area contributed by atoms with Crippen LogP contribution in [0.1, 0.15) is 30.0 Å². The number of hydrogen-bond donors (Lipinski definition) is 2. The lowest BCUT2D eigenvalue weighted by atomic mass is 9.78. The maximum Gasteiger partial charge on any atom is 0.195 e. The van der Waals surface area contributed by atoms with Gasteiger partial charge in [-0.2, -0.15) is 0 Å². The van der Waals surface area contributed by atoms with Gasteiger partial charge in [0.05, 0.1) is 17.9 Å². The molecule has 0 spiro atoms. The second-order valence-electron chi connectivity index (χ2n) is 4.83. The van der Waals surface area contributed by atoms with Gasteiger partial charge in [-0.3, -0.25) is 4.99 Å². The maximum absolute atomic E-state index is 4.68. The fraction of sp³-hybridized carbons (Fsp3) is 0.385. The van der Waals surface area contributed by atoms with Crippen LogP contribution in [0, 0.1) is 0 Å². The highest BCUT2D eigenvalue weighted by molar-refractivity contribution is 9.10. The number of allylic oxidation sites excluding steroid dienone is 2. The van der Waals surface area contributed by atoms with E-state index in [1.165, 1.54) is 29.7 Å². The number of rotatable bonds is 1. The van der Waals surface area contributed by atoms with Gasteiger partial charge < -0.3 is 10.6 Å². The first-order valence-corrected chi connectivity index (χ1v) is 7.08. The molecule has 1 aromatic heterocycles. The molecule has 0 fully saturated rings. The molecule has 0 bridgehead atoms. The van der Waals surface area contributed by atoms with Gasteiger partial charge in [0.2, 0.25) is 0 Å². The highest BCUT2D eigenvalue weighted by Crippen LogP contribution is 2.52. The monoisotopic (exact) mass is 304 g/mol. The molecule has 0 radical (unpaired) electrons. The summed E-state index contributed by atoms with van der Waals surface area (Å²) in [5.74, 6) is 1.43. The van der Waals surface area contributed by atoms with E-state index in [9.17, 15) is 0 Å². The van der Waals surface area contributed by atoms with Crippen molar-refractivity contribution in [2.75, 3.05) is 18.4 Å². The van der Waals surface area contributed by atoms with E-state index in [4.69, 9.17) is 0 Å². The van der Waals surface area contributed by atoms with Crippen molar-refractivity contribution < 1.29 is 0 Å². The van der Waals surface area contributed by atoms with Crippen molar-refractivity contribution in [2.24, 2.45) is 4.99 Å². The number of guanidine groups is 1. The Bertz CT molecular complexity index is 591. The molecular weight excluding hydrogens is 292 g/mol. The van der Waals surface area contributed by atoms with Crippen molar-refractivity contribution in [2.45, 2.75) is 18.8 Å². The van der Waals surface area contributed by atoms with Crippen molar-refractivity contribution in [3.05, 3.63) is 28.0 Å². The molecule has 0 saturated heterocycles. The minimum atomic E-state index is 0.590. The second kappa shape index (κ2) is 3.82. The zero-order chi connectivity index (χ0) is 12.1. The van der Waals surface area contributed by atoms with Crippen LogP contribution >= 0.6 is 15.9 Å². The summed E-state index contributed by atoms with van der Waals surface area (Å²) in [7, 11) is 0. The molecule has 4 nitrogen and oxygen atoms in total. The number of halogens is 1. The van der Waals surface area contributed by atoms with Gasteiger partial charge in [-0.05, 0) is 40.4 Å². The fourth-order valence-corrected chi connectivity index (χ4v) is 3.31. The van der Waals surface area contributed by atoms with E-state index >= 15 is 0 Å². The van der Waals surface area contributed by atoms with E-state index in [0.717, 1.165) is 29.3 Å². The first kappa shape index (κ1) is 10.6. The third kappa shape index (κ3) is 1.43. The molecule has 0 amide bonds. The van der Waals surface area contributed by atoms with Gasteiger partial charge >= 0.3 is 0 Å². The fourth-order valence-electron chi connectivity index (χ4n) is 2.90. The summed E-state index contributed by atoms with van der Waals surface area (Å²) < 4.78 is 0.878. The Morgan fingerprint density at radius 3 is 3.22 bits per heavy atom. The summed E-state index contributed by atoms with van der Waals surface area (Å²) in [5.41, 5.74) is 5.03. The predicted octanol–water partition coefficient (Wildman–Crippen LogP) is 2.49. The zero-order valence-corrected chi connectivity index (χ0v) is 11.4. The second-order valence-corrected chi connectivity index (χ2v) is 5.58. The molecule has 4 rings (SSSR count). The lowest BCUT2D eigenvalue weighted by Crippen LogP contribution is -2.27. The summed E-state index contributed by atoms with van der Waals surface area (Å²) in [6.07, 6.45) is 4.76. The minimum Gasteiger partial charge on any atom is -0.354 e. The van der Waals surface area contributed by atoms with Gasteiger partial charge in [0.25, 0.3) is 0 Å². The lowest BCUT2D eigenvalue weighted by Gasteiger charge is -2.29. The van der Waals surface area contributed by atoms with Gasteiger partial charge in [0.15, 0.2) is 5.96 Å². The zero-order valence-electron chi connectivity index (χ0n) is 9.83. The first-order chi connectivity index (χ1) is 8.83. The van der Waals surface area contributed by atoms with E-state index in [-0.39, 0.29) is 0 Å². The average Bonchev–Trinajstić information content (AvgIpc) is 2.99. The molecule has 1 aromatic rings. The standard InChI is InChI=1S/C13H13BrN4/c14-12-10(17-13-15-4-5-16-13)6-9-7-2-1-3-8(7)11(9)18-12/h2,6,8H,1,3-5H2,(H2,15,16,17). The molecule has 1 aliphatic heterocycles. The van der Waals surface area contributed by atoms with Crippen molar-refractivity contribution in [3.8, 4) is 0 Å². The Morgan fingerprint density at radius 1 is 1.44 bits per heavy atom. The highest BCUT2D eigenvalue weighted by atomic mass is 79.9. The van der Waals surface area contributed by atoms with Crippen LogP contribution in [0.2, 0.25) is 0 Å². The Morgan fingerprint density at radius 2 is 2.39 bits per heavy atom. The number of nitrogens with one attached hydrogen (secondary N) is 2. The molecule has 0 aromatic carbocycles. The number of pyridine rings is 1. The summed E-state index contributed by atoms with van der Waals surface area (Å²) in [6.45, 7) is 1.75. The van der Waals surface area contributed by atoms with Gasteiger partial charge in [-0.15, -0.1) is 0 Å². The number of aromatic nitrogens is 1. The Balaban J connectivity index is 1.70. The largest absolute Gasteiger partial charge is 0.354 e. The van der Waals surface area contributed by atoms with Gasteiger partial charge in [-0.25, -0.2) is 4.98 Å². The van der Waals surface area contributed by atoms with Crippen LogP contribution in [-0.2, 0) is 0 Å². The number of anilines is 1. The van der Waals surface area contributed by atoms with Crippen LogP contribution in [0.4, 0.5) is 5.69 Å². The van der Waals surface area contributed by atoms with Crippen molar-refractivity contribution in [3.63, 3.8) is 0 Å². The number of aliphatic imine (C=N–C) groups is 1. The molecule has 5 heteroatoms. The predicted molar refractivity (Wildman–Crippen MR) is 75.8 cm³/mol. The van der Waals surface area contributed by atoms with E-state index in [0.29, 0.717) is 5.92 Å². The van der Waals surface area contributed by atoms with Crippen LogP contribution in [0.15, 0.2) is 21.7 Å². The maximum atomic E-state index is 4.68. The summed E-state index contributed by atoms with van der Waals surface area (Å²) in [6, 6.07) is 2.18. The first-order valence-electron chi connectivity index (χ1n) is 6.29. The normalized spacial score (nSPS) is 23.5. The Hall–Kier alpha value is -1.36. The molecule has 92 valence electrons. The molecule has 2 heterocycles. The van der Waals surface area contributed by atoms with Gasteiger partial charge in [0, 0.05) is 18.0 Å². The van der Waals surface area contributed by atoms with E-state index in [1.807, 2.05) is 0 Å². The number of fused-ring (bicyclic) bond motifs is 4. The summed E-state index contributed by atoms with van der Waals surface area (Å²) in [5, 5.41) is 6.50. The van der Waals surface area contributed by atoms with E-state index < -0.39 is 0 Å². The van der Waals surface area contributed by atoms with Gasteiger partial charge in [0.1, 0.15) is 4.60 Å². The van der Waals surface area contributed by atoms with Crippen molar-refractivity contribution in [1.29, 1.82) is 0 Å². The van der Waals surface area contributed by atoms with Crippen LogP contribution in [-0.4, -0.2) is 24.0 Å². The Kier molecular flexibility index (Phi) is 2.24.